The first kappa shape index (κ1) is 13.1. The Morgan fingerprint density at radius 1 is 1.39 bits per heavy atom. The Morgan fingerprint density at radius 2 is 2.00 bits per heavy atom. The van der Waals surface area contributed by atoms with Crippen LogP contribution in [0.25, 0.3) is 0 Å². The number of nitrogens with zero attached hydrogens (tertiary/aromatic N) is 1. The number of hydrogen-bond donors (Lipinski definition) is 1. The van der Waals surface area contributed by atoms with E-state index in [1.165, 1.54) is 5.56 Å². The molecule has 1 fully saturated rings. The second kappa shape index (κ2) is 4.73. The standard InChI is InChI=1S/C15H22N2O/c1-11(14(18)17(2)3)13-7-5-4-6-12(13)10-15(16)8-9-15/h4-7,11H,8-10,16H2,1-3H3. The lowest BCUT2D eigenvalue weighted by molar-refractivity contribution is -0.129. The summed E-state index contributed by atoms with van der Waals surface area (Å²) in [5, 5.41) is 0. The maximum absolute atomic E-state index is 12.1. The fourth-order valence-corrected chi connectivity index (χ4v) is 2.35. The van der Waals surface area contributed by atoms with Crippen LogP contribution in [0.15, 0.2) is 24.3 Å². The lowest BCUT2D eigenvalue weighted by Crippen LogP contribution is -2.29. The summed E-state index contributed by atoms with van der Waals surface area (Å²) in [5.74, 6) is 0.0443. The molecule has 1 aromatic carbocycles. The van der Waals surface area contributed by atoms with Crippen LogP contribution in [0.4, 0.5) is 0 Å². The summed E-state index contributed by atoms with van der Waals surface area (Å²) in [4.78, 5) is 13.7. The first-order valence-electron chi connectivity index (χ1n) is 6.51. The predicted molar refractivity (Wildman–Crippen MR) is 73.4 cm³/mol. The van der Waals surface area contributed by atoms with Gasteiger partial charge in [0, 0.05) is 19.6 Å². The molecule has 1 amide bonds. The molecule has 1 atom stereocenters. The number of likely N-dealkylation sites (N-methyl/N-ethyl adjacent to an activating group) is 1. The van der Waals surface area contributed by atoms with Crippen LogP contribution in [0.2, 0.25) is 0 Å². The Morgan fingerprint density at radius 3 is 2.56 bits per heavy atom. The van der Waals surface area contributed by atoms with E-state index in [9.17, 15) is 4.79 Å². The number of hydrogen-bond acceptors (Lipinski definition) is 2. The Labute approximate surface area is 109 Å². The lowest BCUT2D eigenvalue weighted by atomic mass is 9.91. The quantitative estimate of drug-likeness (QED) is 0.882. The maximum Gasteiger partial charge on any atom is 0.229 e. The second-order valence-electron chi connectivity index (χ2n) is 5.69. The molecule has 1 saturated carbocycles. The minimum absolute atomic E-state index is 0.0169. The second-order valence-corrected chi connectivity index (χ2v) is 5.69. The number of nitrogens with two attached hydrogens (primary N) is 1. The van der Waals surface area contributed by atoms with Gasteiger partial charge in [0.25, 0.3) is 0 Å². The first-order valence-corrected chi connectivity index (χ1v) is 6.51. The number of amides is 1. The van der Waals surface area contributed by atoms with Crippen molar-refractivity contribution in [2.45, 2.75) is 37.6 Å². The summed E-state index contributed by atoms with van der Waals surface area (Å²) in [7, 11) is 3.60. The van der Waals surface area contributed by atoms with E-state index >= 15 is 0 Å². The number of rotatable bonds is 4. The van der Waals surface area contributed by atoms with Gasteiger partial charge in [-0.15, -0.1) is 0 Å². The number of benzene rings is 1. The molecule has 2 rings (SSSR count). The van der Waals surface area contributed by atoms with Crippen molar-refractivity contribution in [3.63, 3.8) is 0 Å². The van der Waals surface area contributed by atoms with Crippen LogP contribution in [0.5, 0.6) is 0 Å². The summed E-state index contributed by atoms with van der Waals surface area (Å²) in [6, 6.07) is 8.17. The Balaban J connectivity index is 2.24. The summed E-state index contributed by atoms with van der Waals surface area (Å²) in [6.07, 6.45) is 3.07. The van der Waals surface area contributed by atoms with E-state index in [1.54, 1.807) is 19.0 Å². The van der Waals surface area contributed by atoms with Gasteiger partial charge in [0.2, 0.25) is 5.91 Å². The molecule has 0 bridgehead atoms. The van der Waals surface area contributed by atoms with Gasteiger partial charge in [-0.2, -0.15) is 0 Å². The van der Waals surface area contributed by atoms with E-state index in [4.69, 9.17) is 5.73 Å². The molecule has 18 heavy (non-hydrogen) atoms. The van der Waals surface area contributed by atoms with Crippen LogP contribution in [0.3, 0.4) is 0 Å². The minimum Gasteiger partial charge on any atom is -0.348 e. The highest BCUT2D eigenvalue weighted by Gasteiger charge is 2.38. The molecular weight excluding hydrogens is 224 g/mol. The van der Waals surface area contributed by atoms with Crippen molar-refractivity contribution < 1.29 is 4.79 Å². The molecule has 0 spiro atoms. The smallest absolute Gasteiger partial charge is 0.229 e. The van der Waals surface area contributed by atoms with Crippen molar-refractivity contribution in [1.29, 1.82) is 0 Å². The summed E-state index contributed by atoms with van der Waals surface area (Å²) < 4.78 is 0. The van der Waals surface area contributed by atoms with Crippen LogP contribution in [-0.4, -0.2) is 30.4 Å². The average molecular weight is 246 g/mol. The molecule has 1 aliphatic carbocycles. The van der Waals surface area contributed by atoms with Crippen molar-refractivity contribution in [2.75, 3.05) is 14.1 Å². The minimum atomic E-state index is -0.0986. The third-order valence-electron chi connectivity index (χ3n) is 3.77. The van der Waals surface area contributed by atoms with E-state index in [-0.39, 0.29) is 17.4 Å². The molecule has 1 aromatic rings. The van der Waals surface area contributed by atoms with E-state index in [2.05, 4.69) is 6.07 Å². The monoisotopic (exact) mass is 246 g/mol. The van der Waals surface area contributed by atoms with Gasteiger partial charge in [-0.1, -0.05) is 24.3 Å². The van der Waals surface area contributed by atoms with Crippen molar-refractivity contribution >= 4 is 5.91 Å². The SMILES string of the molecule is CC(C(=O)N(C)C)c1ccccc1CC1(N)CC1. The Kier molecular flexibility index (Phi) is 3.44. The van der Waals surface area contributed by atoms with Crippen molar-refractivity contribution in [2.24, 2.45) is 5.73 Å². The van der Waals surface area contributed by atoms with Gasteiger partial charge in [0.05, 0.1) is 5.92 Å². The van der Waals surface area contributed by atoms with E-state index in [0.717, 1.165) is 24.8 Å². The molecule has 2 N–H and O–H groups in total. The van der Waals surface area contributed by atoms with Crippen LogP contribution >= 0.6 is 0 Å². The van der Waals surface area contributed by atoms with E-state index < -0.39 is 0 Å². The molecule has 3 nitrogen and oxygen atoms in total. The topological polar surface area (TPSA) is 46.3 Å². The largest absolute Gasteiger partial charge is 0.348 e. The van der Waals surface area contributed by atoms with E-state index in [0.29, 0.717) is 0 Å². The van der Waals surface area contributed by atoms with Gasteiger partial charge in [-0.25, -0.2) is 0 Å². The first-order chi connectivity index (χ1) is 8.43. The molecule has 98 valence electrons. The normalized spacial score (nSPS) is 18.2. The average Bonchev–Trinajstić information content (AvgIpc) is 3.05. The van der Waals surface area contributed by atoms with Crippen LogP contribution < -0.4 is 5.73 Å². The predicted octanol–water partition coefficient (Wildman–Crippen LogP) is 1.91. The Hall–Kier alpha value is -1.35. The third-order valence-corrected chi connectivity index (χ3v) is 3.77. The number of carbonyl (C=O) groups is 1. The summed E-state index contributed by atoms with van der Waals surface area (Å²) in [5.41, 5.74) is 8.51. The highest BCUT2D eigenvalue weighted by atomic mass is 16.2. The van der Waals surface area contributed by atoms with Gasteiger partial charge in [-0.05, 0) is 37.3 Å². The molecule has 1 unspecified atom stereocenters. The molecular formula is C15H22N2O. The molecule has 1 aliphatic rings. The van der Waals surface area contributed by atoms with Gasteiger partial charge in [0.1, 0.15) is 0 Å². The van der Waals surface area contributed by atoms with Crippen molar-refractivity contribution in [3.05, 3.63) is 35.4 Å². The van der Waals surface area contributed by atoms with Crippen LogP contribution in [0.1, 0.15) is 36.8 Å². The molecule has 0 aromatic heterocycles. The zero-order chi connectivity index (χ0) is 13.3. The third kappa shape index (κ3) is 2.72. The summed E-state index contributed by atoms with van der Waals surface area (Å²) in [6.45, 7) is 1.97. The molecule has 0 radical (unpaired) electrons. The van der Waals surface area contributed by atoms with Gasteiger partial charge >= 0.3 is 0 Å². The lowest BCUT2D eigenvalue weighted by Gasteiger charge is -2.21. The molecule has 0 saturated heterocycles. The number of carbonyl (C=O) groups excluding carboxylic acids is 1. The highest BCUT2D eigenvalue weighted by molar-refractivity contribution is 5.83. The van der Waals surface area contributed by atoms with Gasteiger partial charge in [-0.3, -0.25) is 4.79 Å². The van der Waals surface area contributed by atoms with Gasteiger partial charge < -0.3 is 10.6 Å². The fraction of sp³-hybridized carbons (Fsp3) is 0.533. The molecule has 3 heteroatoms. The maximum atomic E-state index is 12.1. The molecule has 0 heterocycles. The summed E-state index contributed by atoms with van der Waals surface area (Å²) >= 11 is 0. The Bertz CT molecular complexity index is 450. The molecule has 0 aliphatic heterocycles. The highest BCUT2D eigenvalue weighted by Crippen LogP contribution is 2.37. The zero-order valence-electron chi connectivity index (χ0n) is 11.4. The van der Waals surface area contributed by atoms with Crippen molar-refractivity contribution in [3.8, 4) is 0 Å². The van der Waals surface area contributed by atoms with E-state index in [1.807, 2.05) is 25.1 Å². The fourth-order valence-electron chi connectivity index (χ4n) is 2.35. The van der Waals surface area contributed by atoms with Crippen LogP contribution in [0, 0.1) is 0 Å². The van der Waals surface area contributed by atoms with Crippen molar-refractivity contribution in [1.82, 2.24) is 4.90 Å². The van der Waals surface area contributed by atoms with Gasteiger partial charge in [0.15, 0.2) is 0 Å². The van der Waals surface area contributed by atoms with Crippen LogP contribution in [-0.2, 0) is 11.2 Å². The zero-order valence-corrected chi connectivity index (χ0v) is 11.4.